The maximum atomic E-state index is 5.65. The SMILES string of the molecule is C=CCSc1nnc(-c2ccc(-c3ccccc3)nc2C)o1. The molecule has 0 fully saturated rings. The Balaban J connectivity index is 1.89. The van der Waals surface area contributed by atoms with Crippen molar-refractivity contribution in [2.24, 2.45) is 0 Å². The average Bonchev–Trinajstić information content (AvgIpc) is 3.02. The second kappa shape index (κ2) is 6.58. The molecule has 0 aliphatic heterocycles. The molecule has 2 heterocycles. The van der Waals surface area contributed by atoms with E-state index in [0.29, 0.717) is 11.1 Å². The van der Waals surface area contributed by atoms with Gasteiger partial charge in [-0.1, -0.05) is 48.2 Å². The maximum Gasteiger partial charge on any atom is 0.277 e. The van der Waals surface area contributed by atoms with Crippen molar-refractivity contribution >= 4 is 11.8 Å². The summed E-state index contributed by atoms with van der Waals surface area (Å²) in [4.78, 5) is 4.64. The Hall–Kier alpha value is -2.40. The molecular weight excluding hydrogens is 294 g/mol. The smallest absolute Gasteiger partial charge is 0.277 e. The third kappa shape index (κ3) is 3.09. The lowest BCUT2D eigenvalue weighted by molar-refractivity contribution is 0.466. The highest BCUT2D eigenvalue weighted by molar-refractivity contribution is 7.99. The molecule has 4 nitrogen and oxygen atoms in total. The van der Waals surface area contributed by atoms with Crippen LogP contribution in [0, 0.1) is 6.92 Å². The van der Waals surface area contributed by atoms with Crippen LogP contribution < -0.4 is 0 Å². The number of aromatic nitrogens is 3. The van der Waals surface area contributed by atoms with E-state index in [1.165, 1.54) is 11.8 Å². The largest absolute Gasteiger partial charge is 0.411 e. The summed E-state index contributed by atoms with van der Waals surface area (Å²) in [5.41, 5.74) is 3.75. The van der Waals surface area contributed by atoms with Crippen molar-refractivity contribution < 1.29 is 4.42 Å². The molecule has 0 unspecified atom stereocenters. The normalized spacial score (nSPS) is 10.6. The predicted octanol–water partition coefficient (Wildman–Crippen LogP) is 4.39. The van der Waals surface area contributed by atoms with Gasteiger partial charge in [0, 0.05) is 11.3 Å². The number of hydrogen-bond donors (Lipinski definition) is 0. The Morgan fingerprint density at radius 1 is 1.14 bits per heavy atom. The Morgan fingerprint density at radius 2 is 1.95 bits per heavy atom. The summed E-state index contributed by atoms with van der Waals surface area (Å²) in [5, 5.41) is 8.66. The van der Waals surface area contributed by atoms with Crippen LogP contribution in [0.25, 0.3) is 22.7 Å². The third-order valence-electron chi connectivity index (χ3n) is 3.12. The van der Waals surface area contributed by atoms with Gasteiger partial charge in [0.2, 0.25) is 0 Å². The summed E-state index contributed by atoms with van der Waals surface area (Å²) in [7, 11) is 0. The highest BCUT2D eigenvalue weighted by atomic mass is 32.2. The van der Waals surface area contributed by atoms with Crippen molar-refractivity contribution in [3.63, 3.8) is 0 Å². The van der Waals surface area contributed by atoms with Crippen molar-refractivity contribution in [3.8, 4) is 22.7 Å². The predicted molar refractivity (Wildman–Crippen MR) is 88.6 cm³/mol. The zero-order chi connectivity index (χ0) is 15.4. The minimum Gasteiger partial charge on any atom is -0.411 e. The van der Waals surface area contributed by atoms with E-state index in [1.807, 2.05) is 49.4 Å². The molecule has 22 heavy (non-hydrogen) atoms. The number of hydrogen-bond acceptors (Lipinski definition) is 5. The minimum atomic E-state index is 0.496. The first-order valence-corrected chi connectivity index (χ1v) is 7.87. The van der Waals surface area contributed by atoms with E-state index >= 15 is 0 Å². The molecule has 0 N–H and O–H groups in total. The van der Waals surface area contributed by atoms with Gasteiger partial charge in [-0.25, -0.2) is 0 Å². The summed E-state index contributed by atoms with van der Waals surface area (Å²) in [6.45, 7) is 5.62. The van der Waals surface area contributed by atoms with Crippen LogP contribution in [-0.2, 0) is 0 Å². The number of benzene rings is 1. The number of nitrogens with zero attached hydrogens (tertiary/aromatic N) is 3. The molecule has 0 amide bonds. The van der Waals surface area contributed by atoms with Gasteiger partial charge >= 0.3 is 0 Å². The molecule has 0 atom stereocenters. The number of aryl methyl sites for hydroxylation is 1. The molecule has 0 radical (unpaired) electrons. The van der Waals surface area contributed by atoms with Gasteiger partial charge in [-0.15, -0.1) is 16.8 Å². The molecule has 0 aliphatic rings. The fourth-order valence-corrected chi connectivity index (χ4v) is 2.56. The van der Waals surface area contributed by atoms with Crippen LogP contribution in [0.3, 0.4) is 0 Å². The van der Waals surface area contributed by atoms with Crippen molar-refractivity contribution in [1.82, 2.24) is 15.2 Å². The fourth-order valence-electron chi connectivity index (χ4n) is 2.06. The monoisotopic (exact) mass is 309 g/mol. The van der Waals surface area contributed by atoms with Gasteiger partial charge in [-0.05, 0) is 19.1 Å². The molecule has 3 aromatic rings. The highest BCUT2D eigenvalue weighted by Crippen LogP contribution is 2.27. The van der Waals surface area contributed by atoms with Crippen LogP contribution in [0.5, 0.6) is 0 Å². The van der Waals surface area contributed by atoms with E-state index in [4.69, 9.17) is 4.42 Å². The quantitative estimate of drug-likeness (QED) is 0.517. The van der Waals surface area contributed by atoms with Crippen molar-refractivity contribution in [2.75, 3.05) is 5.75 Å². The van der Waals surface area contributed by atoms with Crippen LogP contribution in [0.1, 0.15) is 5.69 Å². The molecule has 5 heteroatoms. The zero-order valence-corrected chi connectivity index (χ0v) is 13.0. The van der Waals surface area contributed by atoms with E-state index in [0.717, 1.165) is 28.3 Å². The van der Waals surface area contributed by atoms with E-state index in [-0.39, 0.29) is 0 Å². The molecule has 0 saturated carbocycles. The van der Waals surface area contributed by atoms with E-state index < -0.39 is 0 Å². The highest BCUT2D eigenvalue weighted by Gasteiger charge is 2.12. The lowest BCUT2D eigenvalue weighted by Crippen LogP contribution is -1.91. The standard InChI is InChI=1S/C17H15N3OS/c1-3-11-22-17-20-19-16(21-17)14-9-10-15(18-12(14)2)13-7-5-4-6-8-13/h3-10H,1,11H2,2H3. The summed E-state index contributed by atoms with van der Waals surface area (Å²) in [6.07, 6.45) is 1.80. The molecule has 0 spiro atoms. The third-order valence-corrected chi connectivity index (χ3v) is 3.93. The second-order valence-corrected chi connectivity index (χ2v) is 5.64. The molecular formula is C17H15N3OS. The lowest BCUT2D eigenvalue weighted by atomic mass is 10.1. The summed E-state index contributed by atoms with van der Waals surface area (Å²) in [6, 6.07) is 14.0. The second-order valence-electron chi connectivity index (χ2n) is 4.67. The van der Waals surface area contributed by atoms with Gasteiger partial charge in [-0.3, -0.25) is 4.98 Å². The van der Waals surface area contributed by atoms with E-state index in [2.05, 4.69) is 21.8 Å². The van der Waals surface area contributed by atoms with Gasteiger partial charge in [0.05, 0.1) is 17.0 Å². The van der Waals surface area contributed by atoms with Gasteiger partial charge < -0.3 is 4.42 Å². The average molecular weight is 309 g/mol. The van der Waals surface area contributed by atoms with Crippen LogP contribution >= 0.6 is 11.8 Å². The Morgan fingerprint density at radius 3 is 2.68 bits per heavy atom. The van der Waals surface area contributed by atoms with Crippen LogP contribution in [0.4, 0.5) is 0 Å². The fraction of sp³-hybridized carbons (Fsp3) is 0.118. The first kappa shape index (κ1) is 14.5. The van der Waals surface area contributed by atoms with Crippen molar-refractivity contribution in [2.45, 2.75) is 12.1 Å². The first-order valence-electron chi connectivity index (χ1n) is 6.88. The Bertz CT molecular complexity index is 784. The van der Waals surface area contributed by atoms with Crippen molar-refractivity contribution in [1.29, 1.82) is 0 Å². The topological polar surface area (TPSA) is 51.8 Å². The van der Waals surface area contributed by atoms with Gasteiger partial charge in [0.15, 0.2) is 0 Å². The number of thioether (sulfide) groups is 1. The Kier molecular flexibility index (Phi) is 4.34. The molecule has 110 valence electrons. The maximum absolute atomic E-state index is 5.65. The lowest BCUT2D eigenvalue weighted by Gasteiger charge is -2.05. The minimum absolute atomic E-state index is 0.496. The van der Waals surface area contributed by atoms with Crippen LogP contribution in [0.2, 0.25) is 0 Å². The molecule has 0 aliphatic carbocycles. The molecule has 2 aromatic heterocycles. The van der Waals surface area contributed by atoms with Crippen LogP contribution in [-0.4, -0.2) is 20.9 Å². The summed E-state index contributed by atoms with van der Waals surface area (Å²) < 4.78 is 5.65. The van der Waals surface area contributed by atoms with Crippen LogP contribution in [0.15, 0.2) is 64.8 Å². The van der Waals surface area contributed by atoms with Gasteiger partial charge in [0.25, 0.3) is 11.1 Å². The summed E-state index contributed by atoms with van der Waals surface area (Å²) in [5.74, 6) is 1.24. The van der Waals surface area contributed by atoms with Gasteiger partial charge in [0.1, 0.15) is 0 Å². The van der Waals surface area contributed by atoms with Crippen molar-refractivity contribution in [3.05, 3.63) is 60.8 Å². The molecule has 1 aromatic carbocycles. The summed E-state index contributed by atoms with van der Waals surface area (Å²) >= 11 is 1.46. The number of pyridine rings is 1. The molecule has 0 saturated heterocycles. The van der Waals surface area contributed by atoms with E-state index in [9.17, 15) is 0 Å². The first-order chi connectivity index (χ1) is 10.8. The number of rotatable bonds is 5. The Labute approximate surface area is 133 Å². The zero-order valence-electron chi connectivity index (χ0n) is 12.2. The molecule has 3 rings (SSSR count). The molecule has 0 bridgehead atoms. The van der Waals surface area contributed by atoms with E-state index in [1.54, 1.807) is 6.08 Å². The van der Waals surface area contributed by atoms with Gasteiger partial charge in [-0.2, -0.15) is 0 Å².